The quantitative estimate of drug-likeness (QED) is 0.765. The molecule has 1 amide bonds. The highest BCUT2D eigenvalue weighted by Crippen LogP contribution is 2.39. The highest BCUT2D eigenvalue weighted by Gasteiger charge is 2.32. The van der Waals surface area contributed by atoms with Crippen molar-refractivity contribution >= 4 is 23.1 Å². The van der Waals surface area contributed by atoms with Gasteiger partial charge in [0.25, 0.3) is 0 Å². The van der Waals surface area contributed by atoms with Crippen LogP contribution in [0.2, 0.25) is 0 Å². The molecule has 3 nitrogen and oxygen atoms in total. The van der Waals surface area contributed by atoms with E-state index in [1.54, 1.807) is 0 Å². The minimum Gasteiger partial charge on any atom is -0.393 e. The van der Waals surface area contributed by atoms with Crippen LogP contribution in [0.25, 0.3) is 0 Å². The van der Waals surface area contributed by atoms with Crippen molar-refractivity contribution in [3.8, 4) is 0 Å². The molecule has 0 aliphatic heterocycles. The van der Waals surface area contributed by atoms with Crippen molar-refractivity contribution in [2.45, 2.75) is 72.3 Å². The molecule has 20 heavy (non-hydrogen) atoms. The van der Waals surface area contributed by atoms with Gasteiger partial charge >= 0.3 is 0 Å². The molecule has 1 unspecified atom stereocenters. The smallest absolute Gasteiger partial charge is 0.223 e. The first-order valence-corrected chi connectivity index (χ1v) is 8.23. The van der Waals surface area contributed by atoms with Gasteiger partial charge in [-0.1, -0.05) is 39.9 Å². The predicted molar refractivity (Wildman–Crippen MR) is 88.5 cm³/mol. The third-order valence-corrected chi connectivity index (χ3v) is 4.78. The van der Waals surface area contributed by atoms with Crippen molar-refractivity contribution in [1.29, 1.82) is 0 Å². The highest BCUT2D eigenvalue weighted by molar-refractivity contribution is 7.80. The molecule has 1 fully saturated rings. The highest BCUT2D eigenvalue weighted by atomic mass is 32.1. The zero-order valence-corrected chi connectivity index (χ0v) is 14.2. The number of hydrogen-bond donors (Lipinski definition) is 2. The molecule has 0 spiro atoms. The lowest BCUT2D eigenvalue weighted by Crippen LogP contribution is -2.42. The van der Waals surface area contributed by atoms with Crippen LogP contribution < -0.4 is 11.1 Å². The summed E-state index contributed by atoms with van der Waals surface area (Å²) in [6, 6.07) is 0.0975. The van der Waals surface area contributed by atoms with Crippen LogP contribution in [-0.2, 0) is 4.79 Å². The van der Waals surface area contributed by atoms with Gasteiger partial charge in [0.15, 0.2) is 0 Å². The number of carbonyl (C=O) groups is 1. The van der Waals surface area contributed by atoms with Crippen LogP contribution in [0.1, 0.15) is 66.2 Å². The van der Waals surface area contributed by atoms with Crippen molar-refractivity contribution in [2.75, 3.05) is 0 Å². The summed E-state index contributed by atoms with van der Waals surface area (Å²) in [6.07, 6.45) is 5.82. The average molecular weight is 298 g/mol. The fourth-order valence-electron chi connectivity index (χ4n) is 3.08. The number of nitrogens with two attached hydrogens (primary N) is 1. The van der Waals surface area contributed by atoms with Crippen molar-refractivity contribution in [1.82, 2.24) is 5.32 Å². The SMILES string of the molecule is CCC(CC(N)=S)NC(=O)C1CCC(C(C)(C)C)CC1. The minimum absolute atomic E-state index is 0.0975. The van der Waals surface area contributed by atoms with E-state index in [9.17, 15) is 4.79 Å². The Kier molecular flexibility index (Phi) is 6.44. The van der Waals surface area contributed by atoms with Crippen LogP contribution in [0, 0.1) is 17.3 Å². The largest absolute Gasteiger partial charge is 0.393 e. The van der Waals surface area contributed by atoms with Crippen LogP contribution in [0.3, 0.4) is 0 Å². The first-order chi connectivity index (χ1) is 9.24. The lowest BCUT2D eigenvalue weighted by atomic mass is 9.69. The molecule has 1 aliphatic carbocycles. The molecule has 3 N–H and O–H groups in total. The molecule has 0 aromatic carbocycles. The summed E-state index contributed by atoms with van der Waals surface area (Å²) < 4.78 is 0. The Morgan fingerprint density at radius 3 is 2.25 bits per heavy atom. The standard InChI is InChI=1S/C16H30N2OS/c1-5-13(10-14(17)20)18-15(19)11-6-8-12(9-7-11)16(2,3)4/h11-13H,5-10H2,1-4H3,(H2,17,20)(H,18,19). The van der Waals surface area contributed by atoms with Crippen LogP contribution in [-0.4, -0.2) is 16.9 Å². The number of nitrogens with one attached hydrogen (secondary N) is 1. The number of hydrogen-bond acceptors (Lipinski definition) is 2. The number of carbonyl (C=O) groups excluding carboxylic acids is 1. The monoisotopic (exact) mass is 298 g/mol. The molecule has 0 bridgehead atoms. The van der Waals surface area contributed by atoms with Gasteiger partial charge in [0.2, 0.25) is 5.91 Å². The molecular weight excluding hydrogens is 268 g/mol. The summed E-state index contributed by atoms with van der Waals surface area (Å²) in [6.45, 7) is 8.95. The molecule has 1 saturated carbocycles. The van der Waals surface area contributed by atoms with E-state index in [1.807, 2.05) is 0 Å². The van der Waals surface area contributed by atoms with Gasteiger partial charge in [-0.3, -0.25) is 4.79 Å². The van der Waals surface area contributed by atoms with Crippen molar-refractivity contribution in [3.63, 3.8) is 0 Å². The van der Waals surface area contributed by atoms with E-state index in [4.69, 9.17) is 18.0 Å². The third-order valence-electron chi connectivity index (χ3n) is 4.61. The summed E-state index contributed by atoms with van der Waals surface area (Å²) in [5, 5.41) is 3.11. The minimum atomic E-state index is 0.0975. The Balaban J connectivity index is 2.44. The molecule has 0 aromatic rings. The first kappa shape index (κ1) is 17.4. The number of rotatable bonds is 5. The summed E-state index contributed by atoms with van der Waals surface area (Å²) in [4.78, 5) is 12.8. The van der Waals surface area contributed by atoms with Crippen LogP contribution in [0.4, 0.5) is 0 Å². The molecule has 1 rings (SSSR count). The third kappa shape index (κ3) is 5.39. The van der Waals surface area contributed by atoms with Gasteiger partial charge in [0, 0.05) is 18.4 Å². The first-order valence-electron chi connectivity index (χ1n) is 7.82. The second-order valence-electron chi connectivity index (χ2n) is 7.20. The molecule has 1 aliphatic rings. The number of amides is 1. The molecule has 4 heteroatoms. The normalized spacial score (nSPS) is 25.0. The molecule has 0 saturated heterocycles. The van der Waals surface area contributed by atoms with E-state index >= 15 is 0 Å². The molecule has 0 radical (unpaired) electrons. The fourth-order valence-corrected chi connectivity index (χ4v) is 3.28. The second-order valence-corrected chi connectivity index (χ2v) is 7.72. The van der Waals surface area contributed by atoms with Gasteiger partial charge in [-0.25, -0.2) is 0 Å². The van der Waals surface area contributed by atoms with Gasteiger partial charge in [-0.15, -0.1) is 0 Å². The van der Waals surface area contributed by atoms with Gasteiger partial charge in [-0.2, -0.15) is 0 Å². The zero-order valence-electron chi connectivity index (χ0n) is 13.4. The molecule has 0 aromatic heterocycles. The van der Waals surface area contributed by atoms with E-state index in [0.717, 1.165) is 38.0 Å². The van der Waals surface area contributed by atoms with Crippen LogP contribution >= 0.6 is 12.2 Å². The predicted octanol–water partition coefficient (Wildman–Crippen LogP) is 3.41. The average Bonchev–Trinajstić information content (AvgIpc) is 2.36. The van der Waals surface area contributed by atoms with Crippen LogP contribution in [0.15, 0.2) is 0 Å². The fraction of sp³-hybridized carbons (Fsp3) is 0.875. The van der Waals surface area contributed by atoms with Gasteiger partial charge < -0.3 is 11.1 Å². The van der Waals surface area contributed by atoms with E-state index in [2.05, 4.69) is 33.0 Å². The van der Waals surface area contributed by atoms with E-state index in [-0.39, 0.29) is 17.9 Å². The molecule has 116 valence electrons. The Hall–Kier alpha value is -0.640. The Morgan fingerprint density at radius 2 is 1.85 bits per heavy atom. The summed E-state index contributed by atoms with van der Waals surface area (Å²) in [7, 11) is 0. The van der Waals surface area contributed by atoms with Gasteiger partial charge in [0.1, 0.15) is 0 Å². The Morgan fingerprint density at radius 1 is 1.30 bits per heavy atom. The van der Waals surface area contributed by atoms with Gasteiger partial charge in [0.05, 0.1) is 4.99 Å². The van der Waals surface area contributed by atoms with Crippen molar-refractivity contribution in [3.05, 3.63) is 0 Å². The van der Waals surface area contributed by atoms with Gasteiger partial charge in [-0.05, 0) is 43.4 Å². The van der Waals surface area contributed by atoms with E-state index in [1.165, 1.54) is 0 Å². The zero-order chi connectivity index (χ0) is 15.3. The van der Waals surface area contributed by atoms with E-state index < -0.39 is 0 Å². The topological polar surface area (TPSA) is 55.1 Å². The number of thiocarbonyl (C=S) groups is 1. The second kappa shape index (κ2) is 7.39. The maximum atomic E-state index is 12.3. The van der Waals surface area contributed by atoms with E-state index in [0.29, 0.717) is 16.8 Å². The molecular formula is C16H30N2OS. The summed E-state index contributed by atoms with van der Waals surface area (Å²) >= 11 is 4.93. The maximum absolute atomic E-state index is 12.3. The van der Waals surface area contributed by atoms with Crippen molar-refractivity contribution < 1.29 is 4.79 Å². The lowest BCUT2D eigenvalue weighted by Gasteiger charge is -2.36. The van der Waals surface area contributed by atoms with Crippen LogP contribution in [0.5, 0.6) is 0 Å². The Bertz CT molecular complexity index is 341. The molecule has 1 atom stereocenters. The summed E-state index contributed by atoms with van der Waals surface area (Å²) in [5.41, 5.74) is 5.93. The Labute approximate surface area is 129 Å². The maximum Gasteiger partial charge on any atom is 0.223 e. The lowest BCUT2D eigenvalue weighted by molar-refractivity contribution is -0.127. The summed E-state index contributed by atoms with van der Waals surface area (Å²) in [5.74, 6) is 1.11. The molecule has 0 heterocycles. The van der Waals surface area contributed by atoms with Crippen molar-refractivity contribution in [2.24, 2.45) is 23.0 Å².